The number of hydrogen-bond donors (Lipinski definition) is 2. The molecule has 1 amide bonds. The first-order valence-electron chi connectivity index (χ1n) is 7.48. The minimum Gasteiger partial charge on any atom is -0.493 e. The monoisotopic (exact) mass is 353 g/mol. The smallest absolute Gasteiger partial charge is 0.255 e. The third-order valence-electron chi connectivity index (χ3n) is 3.26. The Hall–Kier alpha value is -1.63. The first-order chi connectivity index (χ1) is 11.2. The standard InChI is InChI=1S/C16H20ClN3O2S/c1-2-13(16-19-7-9-23-16)20-15(21)12-5-4-11(17)10-14(12)22-8-3-6-18/h4-5,7,9-10,13H,2-3,6,8,18H2,1H3,(H,20,21). The molecule has 1 aromatic carbocycles. The molecule has 5 nitrogen and oxygen atoms in total. The van der Waals surface area contributed by atoms with Gasteiger partial charge in [-0.25, -0.2) is 4.98 Å². The molecule has 1 unspecified atom stereocenters. The van der Waals surface area contributed by atoms with E-state index in [-0.39, 0.29) is 11.9 Å². The molecule has 0 saturated heterocycles. The maximum atomic E-state index is 12.6. The summed E-state index contributed by atoms with van der Waals surface area (Å²) in [7, 11) is 0. The molecule has 3 N–H and O–H groups in total. The molecule has 0 aliphatic carbocycles. The van der Waals surface area contributed by atoms with E-state index in [1.807, 2.05) is 12.3 Å². The number of nitrogens with two attached hydrogens (primary N) is 1. The Bertz CT molecular complexity index is 634. The van der Waals surface area contributed by atoms with Gasteiger partial charge in [0.25, 0.3) is 5.91 Å². The number of nitrogens with one attached hydrogen (secondary N) is 1. The maximum absolute atomic E-state index is 12.6. The number of aromatic nitrogens is 1. The van der Waals surface area contributed by atoms with Crippen LogP contribution in [0.4, 0.5) is 0 Å². The highest BCUT2D eigenvalue weighted by atomic mass is 35.5. The summed E-state index contributed by atoms with van der Waals surface area (Å²) in [6.07, 6.45) is 3.21. The Morgan fingerprint density at radius 1 is 1.52 bits per heavy atom. The molecule has 0 saturated carbocycles. The van der Waals surface area contributed by atoms with Crippen molar-refractivity contribution in [3.8, 4) is 5.75 Å². The fourth-order valence-corrected chi connectivity index (χ4v) is 2.98. The normalized spacial score (nSPS) is 12.0. The first kappa shape index (κ1) is 17.7. The number of rotatable bonds is 8. The van der Waals surface area contributed by atoms with Crippen LogP contribution in [-0.2, 0) is 0 Å². The van der Waals surface area contributed by atoms with E-state index in [2.05, 4.69) is 10.3 Å². The van der Waals surface area contributed by atoms with Gasteiger partial charge in [0.1, 0.15) is 10.8 Å². The van der Waals surface area contributed by atoms with Crippen LogP contribution in [-0.4, -0.2) is 24.0 Å². The van der Waals surface area contributed by atoms with E-state index in [0.29, 0.717) is 35.9 Å². The van der Waals surface area contributed by atoms with Crippen LogP contribution >= 0.6 is 22.9 Å². The van der Waals surface area contributed by atoms with Crippen LogP contribution in [0.15, 0.2) is 29.8 Å². The van der Waals surface area contributed by atoms with Crippen LogP contribution in [0.2, 0.25) is 5.02 Å². The Labute approximate surface area is 144 Å². The van der Waals surface area contributed by atoms with Gasteiger partial charge in [0.2, 0.25) is 0 Å². The molecule has 0 bridgehead atoms. The molecule has 0 spiro atoms. The molecule has 2 rings (SSSR count). The zero-order valence-electron chi connectivity index (χ0n) is 12.9. The maximum Gasteiger partial charge on any atom is 0.255 e. The number of ether oxygens (including phenoxy) is 1. The molecule has 124 valence electrons. The predicted octanol–water partition coefficient (Wildman–Crippen LogP) is 3.41. The van der Waals surface area contributed by atoms with E-state index >= 15 is 0 Å². The number of halogens is 1. The fourth-order valence-electron chi connectivity index (χ4n) is 2.05. The molecule has 7 heteroatoms. The minimum atomic E-state index is -0.202. The van der Waals surface area contributed by atoms with E-state index < -0.39 is 0 Å². The van der Waals surface area contributed by atoms with Crippen molar-refractivity contribution < 1.29 is 9.53 Å². The van der Waals surface area contributed by atoms with Gasteiger partial charge in [-0.1, -0.05) is 18.5 Å². The molecule has 0 radical (unpaired) electrons. The first-order valence-corrected chi connectivity index (χ1v) is 8.74. The van der Waals surface area contributed by atoms with Crippen molar-refractivity contribution in [2.45, 2.75) is 25.8 Å². The summed E-state index contributed by atoms with van der Waals surface area (Å²) in [5.74, 6) is 0.268. The van der Waals surface area contributed by atoms with Gasteiger partial charge in [0.15, 0.2) is 0 Å². The lowest BCUT2D eigenvalue weighted by atomic mass is 10.1. The molecule has 1 atom stereocenters. The topological polar surface area (TPSA) is 77.2 Å². The molecular weight excluding hydrogens is 334 g/mol. The summed E-state index contributed by atoms with van der Waals surface area (Å²) < 4.78 is 5.65. The molecule has 1 aromatic heterocycles. The zero-order chi connectivity index (χ0) is 16.7. The van der Waals surface area contributed by atoms with Crippen molar-refractivity contribution in [2.75, 3.05) is 13.2 Å². The summed E-state index contributed by atoms with van der Waals surface area (Å²) in [5, 5.41) is 6.31. The number of hydrogen-bond acceptors (Lipinski definition) is 5. The van der Waals surface area contributed by atoms with E-state index in [9.17, 15) is 4.79 Å². The minimum absolute atomic E-state index is 0.116. The lowest BCUT2D eigenvalue weighted by molar-refractivity contribution is 0.0931. The van der Waals surface area contributed by atoms with Gasteiger partial charge in [0.05, 0.1) is 18.2 Å². The highest BCUT2D eigenvalue weighted by Gasteiger charge is 2.19. The predicted molar refractivity (Wildman–Crippen MR) is 93.2 cm³/mol. The number of thiazole rings is 1. The van der Waals surface area contributed by atoms with Crippen molar-refractivity contribution in [1.82, 2.24) is 10.3 Å². The van der Waals surface area contributed by atoms with Gasteiger partial charge in [-0.3, -0.25) is 4.79 Å². The average molecular weight is 354 g/mol. The van der Waals surface area contributed by atoms with Gasteiger partial charge in [-0.2, -0.15) is 0 Å². The lowest BCUT2D eigenvalue weighted by Crippen LogP contribution is -2.28. The second kappa shape index (κ2) is 8.86. The fraction of sp³-hybridized carbons (Fsp3) is 0.375. The third kappa shape index (κ3) is 4.92. The Balaban J connectivity index is 2.14. The second-order valence-electron chi connectivity index (χ2n) is 4.94. The van der Waals surface area contributed by atoms with E-state index in [1.54, 1.807) is 24.4 Å². The van der Waals surface area contributed by atoms with Crippen molar-refractivity contribution in [2.24, 2.45) is 5.73 Å². The molecular formula is C16H20ClN3O2S. The molecule has 23 heavy (non-hydrogen) atoms. The largest absolute Gasteiger partial charge is 0.493 e. The second-order valence-corrected chi connectivity index (χ2v) is 6.30. The van der Waals surface area contributed by atoms with E-state index in [1.165, 1.54) is 11.3 Å². The SMILES string of the molecule is CCC(NC(=O)c1ccc(Cl)cc1OCCCN)c1nccs1. The van der Waals surface area contributed by atoms with Crippen molar-refractivity contribution in [1.29, 1.82) is 0 Å². The molecule has 2 aromatic rings. The van der Waals surface area contributed by atoms with Crippen molar-refractivity contribution in [3.63, 3.8) is 0 Å². The van der Waals surface area contributed by atoms with Crippen LogP contribution < -0.4 is 15.8 Å². The lowest BCUT2D eigenvalue weighted by Gasteiger charge is -2.16. The van der Waals surface area contributed by atoms with Gasteiger partial charge >= 0.3 is 0 Å². The third-order valence-corrected chi connectivity index (χ3v) is 4.38. The number of carbonyl (C=O) groups excluding carboxylic acids is 1. The number of nitrogens with zero attached hydrogens (tertiary/aromatic N) is 1. The van der Waals surface area contributed by atoms with Gasteiger partial charge in [-0.15, -0.1) is 11.3 Å². The van der Waals surface area contributed by atoms with Crippen molar-refractivity contribution in [3.05, 3.63) is 45.4 Å². The van der Waals surface area contributed by atoms with Crippen LogP contribution in [0.5, 0.6) is 5.75 Å². The highest BCUT2D eigenvalue weighted by Crippen LogP contribution is 2.25. The molecule has 0 aliphatic heterocycles. The number of amides is 1. The van der Waals surface area contributed by atoms with E-state index in [4.69, 9.17) is 22.1 Å². The Kier molecular flexibility index (Phi) is 6.83. The molecule has 1 heterocycles. The summed E-state index contributed by atoms with van der Waals surface area (Å²) in [6, 6.07) is 4.88. The van der Waals surface area contributed by atoms with Gasteiger partial charge < -0.3 is 15.8 Å². The number of carbonyl (C=O) groups is 1. The van der Waals surface area contributed by atoms with E-state index in [0.717, 1.165) is 11.4 Å². The van der Waals surface area contributed by atoms with Gasteiger partial charge in [-0.05, 0) is 37.6 Å². The molecule has 0 fully saturated rings. The van der Waals surface area contributed by atoms with Crippen LogP contribution in [0.1, 0.15) is 41.2 Å². The average Bonchev–Trinajstić information content (AvgIpc) is 3.07. The highest BCUT2D eigenvalue weighted by molar-refractivity contribution is 7.09. The summed E-state index contributed by atoms with van der Waals surface area (Å²) in [5.41, 5.74) is 5.93. The molecule has 0 aliphatic rings. The van der Waals surface area contributed by atoms with Crippen LogP contribution in [0.25, 0.3) is 0 Å². The zero-order valence-corrected chi connectivity index (χ0v) is 14.5. The van der Waals surface area contributed by atoms with Crippen LogP contribution in [0, 0.1) is 0 Å². The summed E-state index contributed by atoms with van der Waals surface area (Å²) in [4.78, 5) is 16.9. The Morgan fingerprint density at radius 3 is 3.00 bits per heavy atom. The van der Waals surface area contributed by atoms with Crippen molar-refractivity contribution >= 4 is 28.8 Å². The number of benzene rings is 1. The summed E-state index contributed by atoms with van der Waals surface area (Å²) in [6.45, 7) is 2.98. The summed E-state index contributed by atoms with van der Waals surface area (Å²) >= 11 is 7.53. The van der Waals surface area contributed by atoms with Gasteiger partial charge in [0, 0.05) is 16.6 Å². The van der Waals surface area contributed by atoms with Crippen LogP contribution in [0.3, 0.4) is 0 Å². The Morgan fingerprint density at radius 2 is 2.35 bits per heavy atom. The quantitative estimate of drug-likeness (QED) is 0.713.